The summed E-state index contributed by atoms with van der Waals surface area (Å²) >= 11 is 6.02. The number of hydrogen-bond donors (Lipinski definition) is 1. The summed E-state index contributed by atoms with van der Waals surface area (Å²) in [6.07, 6.45) is 0.802. The number of nitrogens with one attached hydrogen (secondary N) is 1. The molecule has 0 radical (unpaired) electrons. The fraction of sp³-hybridized carbons (Fsp3) is 0.294. The molecule has 0 saturated heterocycles. The van der Waals surface area contributed by atoms with E-state index in [9.17, 15) is 4.39 Å². The van der Waals surface area contributed by atoms with Gasteiger partial charge in [0.05, 0.1) is 7.11 Å². The van der Waals surface area contributed by atoms with Gasteiger partial charge in [-0.3, -0.25) is 0 Å². The molecule has 0 aromatic heterocycles. The van der Waals surface area contributed by atoms with Crippen molar-refractivity contribution in [1.82, 2.24) is 5.32 Å². The van der Waals surface area contributed by atoms with Crippen molar-refractivity contribution in [2.45, 2.75) is 25.9 Å². The minimum absolute atomic E-state index is 0.178. The van der Waals surface area contributed by atoms with E-state index in [0.717, 1.165) is 17.7 Å². The lowest BCUT2D eigenvalue weighted by atomic mass is 10.1. The smallest absolute Gasteiger partial charge is 0.129 e. The average molecular weight is 308 g/mol. The van der Waals surface area contributed by atoms with Crippen LogP contribution >= 0.6 is 11.6 Å². The van der Waals surface area contributed by atoms with E-state index in [1.54, 1.807) is 19.2 Å². The largest absolute Gasteiger partial charge is 0.496 e. The Hall–Kier alpha value is -1.58. The quantitative estimate of drug-likeness (QED) is 0.863. The molecule has 112 valence electrons. The summed E-state index contributed by atoms with van der Waals surface area (Å²) in [5, 5.41) is 3.75. The van der Waals surface area contributed by atoms with Crippen molar-refractivity contribution in [3.8, 4) is 5.75 Å². The Bertz CT molecular complexity index is 583. The van der Waals surface area contributed by atoms with Crippen LogP contribution in [0.4, 0.5) is 4.39 Å². The molecule has 0 saturated carbocycles. The minimum atomic E-state index is -0.278. The maximum atomic E-state index is 13.7. The Balaban J connectivity index is 1.98. The van der Waals surface area contributed by atoms with Gasteiger partial charge in [-0.2, -0.15) is 0 Å². The minimum Gasteiger partial charge on any atom is -0.496 e. The van der Waals surface area contributed by atoms with Crippen molar-refractivity contribution < 1.29 is 9.13 Å². The molecular formula is C17H19ClFNO. The van der Waals surface area contributed by atoms with E-state index in [2.05, 4.69) is 12.2 Å². The van der Waals surface area contributed by atoms with Gasteiger partial charge in [0, 0.05) is 23.2 Å². The summed E-state index contributed by atoms with van der Waals surface area (Å²) < 4.78 is 19.0. The highest BCUT2D eigenvalue weighted by Crippen LogP contribution is 2.21. The van der Waals surface area contributed by atoms with Gasteiger partial charge in [-0.1, -0.05) is 35.9 Å². The predicted octanol–water partition coefficient (Wildman–Crippen LogP) is 4.21. The second kappa shape index (κ2) is 7.43. The van der Waals surface area contributed by atoms with Gasteiger partial charge in [-0.15, -0.1) is 0 Å². The summed E-state index contributed by atoms with van der Waals surface area (Å²) in [5.74, 6) is 0.592. The third-order valence-electron chi connectivity index (χ3n) is 3.41. The van der Waals surface area contributed by atoms with E-state index < -0.39 is 0 Å². The Labute approximate surface area is 129 Å². The van der Waals surface area contributed by atoms with Crippen molar-refractivity contribution in [1.29, 1.82) is 0 Å². The zero-order chi connectivity index (χ0) is 15.2. The van der Waals surface area contributed by atoms with Gasteiger partial charge < -0.3 is 10.1 Å². The normalized spacial score (nSPS) is 12.2. The molecule has 2 aromatic rings. The first-order valence-electron chi connectivity index (χ1n) is 6.90. The van der Waals surface area contributed by atoms with E-state index in [1.807, 2.05) is 24.3 Å². The van der Waals surface area contributed by atoms with Crippen LogP contribution in [0.3, 0.4) is 0 Å². The molecule has 0 spiro atoms. The van der Waals surface area contributed by atoms with Crippen LogP contribution < -0.4 is 10.1 Å². The van der Waals surface area contributed by atoms with Crippen LogP contribution in [0.2, 0.25) is 5.02 Å². The zero-order valence-electron chi connectivity index (χ0n) is 12.2. The monoisotopic (exact) mass is 307 g/mol. The summed E-state index contributed by atoms with van der Waals surface area (Å²) in [7, 11) is 1.66. The number of para-hydroxylation sites is 1. The second-order valence-corrected chi connectivity index (χ2v) is 5.41. The Morgan fingerprint density at radius 3 is 2.67 bits per heavy atom. The summed E-state index contributed by atoms with van der Waals surface area (Å²) in [4.78, 5) is 0. The Morgan fingerprint density at radius 1 is 1.19 bits per heavy atom. The van der Waals surface area contributed by atoms with Crippen LogP contribution in [-0.4, -0.2) is 13.2 Å². The molecule has 21 heavy (non-hydrogen) atoms. The SMILES string of the molecule is COc1ccccc1CC(C)NCc1c(F)cccc1Cl. The molecule has 2 rings (SSSR count). The molecule has 1 N–H and O–H groups in total. The summed E-state index contributed by atoms with van der Waals surface area (Å²) in [5.41, 5.74) is 1.63. The van der Waals surface area contributed by atoms with E-state index in [1.165, 1.54) is 6.07 Å². The zero-order valence-corrected chi connectivity index (χ0v) is 13.0. The van der Waals surface area contributed by atoms with Crippen molar-refractivity contribution in [2.75, 3.05) is 7.11 Å². The van der Waals surface area contributed by atoms with Gasteiger partial charge in [0.1, 0.15) is 11.6 Å². The van der Waals surface area contributed by atoms with Crippen molar-refractivity contribution in [2.24, 2.45) is 0 Å². The summed E-state index contributed by atoms with van der Waals surface area (Å²) in [6.45, 7) is 2.46. The molecule has 2 aromatic carbocycles. The number of ether oxygens (including phenoxy) is 1. The first-order valence-corrected chi connectivity index (χ1v) is 7.27. The summed E-state index contributed by atoms with van der Waals surface area (Å²) in [6, 6.07) is 12.8. The third kappa shape index (κ3) is 4.19. The topological polar surface area (TPSA) is 21.3 Å². The van der Waals surface area contributed by atoms with Gasteiger partial charge in [0.25, 0.3) is 0 Å². The molecule has 0 aliphatic rings. The highest BCUT2D eigenvalue weighted by atomic mass is 35.5. The molecule has 0 aliphatic carbocycles. The van der Waals surface area contributed by atoms with Crippen LogP contribution in [0, 0.1) is 5.82 Å². The number of methoxy groups -OCH3 is 1. The number of benzene rings is 2. The van der Waals surface area contributed by atoms with Crippen LogP contribution in [0.15, 0.2) is 42.5 Å². The average Bonchev–Trinajstić information content (AvgIpc) is 2.47. The molecule has 0 bridgehead atoms. The second-order valence-electron chi connectivity index (χ2n) is 5.00. The van der Waals surface area contributed by atoms with E-state index in [0.29, 0.717) is 17.1 Å². The van der Waals surface area contributed by atoms with Crippen molar-refractivity contribution >= 4 is 11.6 Å². The van der Waals surface area contributed by atoms with Crippen LogP contribution in [0.1, 0.15) is 18.1 Å². The number of rotatable bonds is 6. The lowest BCUT2D eigenvalue weighted by Crippen LogP contribution is -2.28. The highest BCUT2D eigenvalue weighted by Gasteiger charge is 2.10. The van der Waals surface area contributed by atoms with E-state index >= 15 is 0 Å². The van der Waals surface area contributed by atoms with Crippen LogP contribution in [-0.2, 0) is 13.0 Å². The maximum absolute atomic E-state index is 13.7. The molecule has 0 amide bonds. The predicted molar refractivity (Wildman–Crippen MR) is 84.4 cm³/mol. The maximum Gasteiger partial charge on any atom is 0.129 e. The molecule has 1 unspecified atom stereocenters. The molecule has 0 fully saturated rings. The Kier molecular flexibility index (Phi) is 5.59. The number of halogens is 2. The fourth-order valence-corrected chi connectivity index (χ4v) is 2.48. The molecule has 2 nitrogen and oxygen atoms in total. The molecule has 1 atom stereocenters. The highest BCUT2D eigenvalue weighted by molar-refractivity contribution is 6.31. The molecule has 0 heterocycles. The van der Waals surface area contributed by atoms with Crippen molar-refractivity contribution in [3.63, 3.8) is 0 Å². The standard InChI is InChI=1S/C17H19ClFNO/c1-12(10-13-6-3-4-9-17(13)21-2)20-11-14-15(18)7-5-8-16(14)19/h3-9,12,20H,10-11H2,1-2H3. The van der Waals surface area contributed by atoms with Gasteiger partial charge in [-0.05, 0) is 37.1 Å². The molecule has 4 heteroatoms. The first-order chi connectivity index (χ1) is 10.1. The fourth-order valence-electron chi connectivity index (χ4n) is 2.25. The lowest BCUT2D eigenvalue weighted by molar-refractivity contribution is 0.405. The molecular weight excluding hydrogens is 289 g/mol. The lowest BCUT2D eigenvalue weighted by Gasteiger charge is -2.16. The van der Waals surface area contributed by atoms with Crippen LogP contribution in [0.5, 0.6) is 5.75 Å². The first kappa shape index (κ1) is 15.8. The molecule has 0 aliphatic heterocycles. The third-order valence-corrected chi connectivity index (χ3v) is 3.76. The van der Waals surface area contributed by atoms with E-state index in [4.69, 9.17) is 16.3 Å². The van der Waals surface area contributed by atoms with Gasteiger partial charge in [0.2, 0.25) is 0 Å². The van der Waals surface area contributed by atoms with Gasteiger partial charge in [0.15, 0.2) is 0 Å². The van der Waals surface area contributed by atoms with Crippen LogP contribution in [0.25, 0.3) is 0 Å². The van der Waals surface area contributed by atoms with E-state index in [-0.39, 0.29) is 11.9 Å². The Morgan fingerprint density at radius 2 is 1.95 bits per heavy atom. The number of hydrogen-bond acceptors (Lipinski definition) is 2. The van der Waals surface area contributed by atoms with Gasteiger partial charge >= 0.3 is 0 Å². The van der Waals surface area contributed by atoms with Gasteiger partial charge in [-0.25, -0.2) is 4.39 Å². The van der Waals surface area contributed by atoms with Crippen molar-refractivity contribution in [3.05, 3.63) is 64.4 Å².